The van der Waals surface area contributed by atoms with Crippen molar-refractivity contribution in [3.05, 3.63) is 34.9 Å². The molecule has 0 fully saturated rings. The van der Waals surface area contributed by atoms with Crippen LogP contribution in [0.15, 0.2) is 23.4 Å². The van der Waals surface area contributed by atoms with E-state index in [9.17, 15) is 13.6 Å². The number of carbonyl (C=O) groups excluding carboxylic acids is 1. The Kier molecular flexibility index (Phi) is 6.47. The lowest BCUT2D eigenvalue weighted by Gasteiger charge is -2.29. The highest BCUT2D eigenvalue weighted by molar-refractivity contribution is 6.26. The number of halogens is 2. The number of amides is 1. The molecule has 0 unspecified atom stereocenters. The first-order chi connectivity index (χ1) is 11.8. The van der Waals surface area contributed by atoms with Crippen molar-refractivity contribution >= 4 is 12.1 Å². The number of aryl methyl sites for hydroxylation is 1. The maximum Gasteiger partial charge on any atom is 0.270 e. The van der Waals surface area contributed by atoms with Crippen molar-refractivity contribution in [3.63, 3.8) is 0 Å². The third-order valence-electron chi connectivity index (χ3n) is 4.37. The van der Waals surface area contributed by atoms with Gasteiger partial charge in [0, 0.05) is 31.6 Å². The molecule has 1 aromatic rings. The molecule has 5 nitrogen and oxygen atoms in total. The van der Waals surface area contributed by atoms with Gasteiger partial charge in [0.1, 0.15) is 6.21 Å². The van der Waals surface area contributed by atoms with Crippen LogP contribution in [0.4, 0.5) is 8.78 Å². The lowest BCUT2D eigenvalue weighted by molar-refractivity contribution is -0.115. The lowest BCUT2D eigenvalue weighted by Crippen LogP contribution is -2.42. The van der Waals surface area contributed by atoms with Crippen LogP contribution < -0.4 is 5.32 Å². The van der Waals surface area contributed by atoms with Crippen LogP contribution in [-0.4, -0.2) is 41.4 Å². The minimum atomic E-state index is -2.85. The third-order valence-corrected chi connectivity index (χ3v) is 4.37. The highest BCUT2D eigenvalue weighted by Gasteiger charge is 2.26. The van der Waals surface area contributed by atoms with Crippen molar-refractivity contribution < 1.29 is 18.8 Å². The predicted octanol–water partition coefficient (Wildman–Crippen LogP) is 2.90. The van der Waals surface area contributed by atoms with Gasteiger partial charge in [-0.25, -0.2) is 8.78 Å². The molecule has 7 heteroatoms. The van der Waals surface area contributed by atoms with E-state index in [0.29, 0.717) is 13.1 Å². The molecule has 1 heterocycles. The second-order valence-corrected chi connectivity index (χ2v) is 6.72. The second kappa shape index (κ2) is 8.38. The Morgan fingerprint density at radius 2 is 2.20 bits per heavy atom. The first-order valence-corrected chi connectivity index (χ1v) is 8.50. The normalized spacial score (nSPS) is 17.6. The fourth-order valence-corrected chi connectivity index (χ4v) is 3.18. The van der Waals surface area contributed by atoms with Crippen LogP contribution in [0.1, 0.15) is 43.4 Å². The molecule has 25 heavy (non-hydrogen) atoms. The van der Waals surface area contributed by atoms with E-state index in [2.05, 4.69) is 15.4 Å². The van der Waals surface area contributed by atoms with Crippen LogP contribution in [0.5, 0.6) is 0 Å². The van der Waals surface area contributed by atoms with E-state index in [-0.39, 0.29) is 11.6 Å². The van der Waals surface area contributed by atoms with Crippen LogP contribution in [0.25, 0.3) is 0 Å². The monoisotopic (exact) mass is 353 g/mol. The smallest absolute Gasteiger partial charge is 0.270 e. The molecule has 0 radical (unpaired) electrons. The summed E-state index contributed by atoms with van der Waals surface area (Å²) in [4.78, 5) is 13.6. The molecule has 1 amide bonds. The Bertz CT molecular complexity index is 629. The van der Waals surface area contributed by atoms with Gasteiger partial charge in [-0.2, -0.15) is 0 Å². The average Bonchev–Trinajstić information content (AvgIpc) is 2.48. The fourth-order valence-electron chi connectivity index (χ4n) is 3.18. The molecule has 1 aromatic carbocycles. The molecule has 0 saturated carbocycles. The summed E-state index contributed by atoms with van der Waals surface area (Å²) in [7, 11) is 0. The molecular formula is C18H25F2N3O2. The summed E-state index contributed by atoms with van der Waals surface area (Å²) in [5, 5.41) is 13.8. The summed E-state index contributed by atoms with van der Waals surface area (Å²) in [5.74, 6) is -3.32. The van der Waals surface area contributed by atoms with Crippen molar-refractivity contribution in [1.82, 2.24) is 10.2 Å². The van der Waals surface area contributed by atoms with E-state index in [0.717, 1.165) is 50.1 Å². The molecule has 1 aliphatic heterocycles. The van der Waals surface area contributed by atoms with Crippen LogP contribution in [0.3, 0.4) is 0 Å². The Morgan fingerprint density at radius 1 is 1.44 bits per heavy atom. The highest BCUT2D eigenvalue weighted by Crippen LogP contribution is 2.30. The molecule has 0 aromatic heterocycles. The average molecular weight is 353 g/mol. The van der Waals surface area contributed by atoms with Gasteiger partial charge in [-0.15, -0.1) is 0 Å². The molecule has 0 spiro atoms. The van der Waals surface area contributed by atoms with E-state index >= 15 is 0 Å². The molecule has 0 bridgehead atoms. The predicted molar refractivity (Wildman–Crippen MR) is 92.1 cm³/mol. The Hall–Kier alpha value is -2.02. The zero-order valence-electron chi connectivity index (χ0n) is 14.6. The minimum Gasteiger partial charge on any atom is -0.411 e. The quantitative estimate of drug-likeness (QED) is 0.486. The van der Waals surface area contributed by atoms with E-state index in [1.54, 1.807) is 6.07 Å². The van der Waals surface area contributed by atoms with Crippen molar-refractivity contribution in [2.75, 3.05) is 13.1 Å². The zero-order valence-corrected chi connectivity index (χ0v) is 14.6. The summed E-state index contributed by atoms with van der Waals surface area (Å²) in [6.45, 7) is 4.79. The van der Waals surface area contributed by atoms with Crippen LogP contribution in [0.2, 0.25) is 0 Å². The first kappa shape index (κ1) is 19.3. The Morgan fingerprint density at radius 3 is 2.88 bits per heavy atom. The third kappa shape index (κ3) is 5.77. The number of carbonyl (C=O) groups is 1. The molecule has 0 saturated heterocycles. The summed E-state index contributed by atoms with van der Waals surface area (Å²) >= 11 is 0. The van der Waals surface area contributed by atoms with Gasteiger partial charge >= 0.3 is 0 Å². The summed E-state index contributed by atoms with van der Waals surface area (Å²) in [6, 6.07) is 4.79. The summed E-state index contributed by atoms with van der Waals surface area (Å²) < 4.78 is 27.3. The molecule has 2 rings (SSSR count). The van der Waals surface area contributed by atoms with Crippen molar-refractivity contribution in [1.29, 1.82) is 0 Å². The SMILES string of the molecule is C[C@@H](CN1CCCCc2ccc(C(C)(F)F)cc2C1)NC(=O)/C=N\O. The lowest BCUT2D eigenvalue weighted by atomic mass is 9.95. The number of oxime groups is 1. The molecule has 138 valence electrons. The Balaban J connectivity index is 2.11. The second-order valence-electron chi connectivity index (χ2n) is 6.72. The van der Waals surface area contributed by atoms with Gasteiger partial charge in [0.25, 0.3) is 11.8 Å². The van der Waals surface area contributed by atoms with Gasteiger partial charge < -0.3 is 10.5 Å². The highest BCUT2D eigenvalue weighted by atomic mass is 19.3. The standard InChI is InChI=1S/C18H25F2N3O2/c1-13(22-17(24)10-21-25)11-23-8-4-3-5-14-6-7-16(18(2,19)20)9-15(14)12-23/h6-7,9-10,13,25H,3-5,8,11-12H2,1-2H3,(H,22,24)/b21-10-/t13-/m0/s1. The summed E-state index contributed by atoms with van der Waals surface area (Å²) in [6.07, 6.45) is 3.74. The number of hydrogen-bond acceptors (Lipinski definition) is 4. The number of rotatable bonds is 5. The van der Waals surface area contributed by atoms with E-state index in [4.69, 9.17) is 5.21 Å². The van der Waals surface area contributed by atoms with E-state index in [1.165, 1.54) is 6.07 Å². The maximum atomic E-state index is 13.6. The largest absolute Gasteiger partial charge is 0.411 e. The first-order valence-electron chi connectivity index (χ1n) is 8.50. The fraction of sp³-hybridized carbons (Fsp3) is 0.556. The number of benzene rings is 1. The van der Waals surface area contributed by atoms with Gasteiger partial charge in [0.15, 0.2) is 0 Å². The van der Waals surface area contributed by atoms with E-state index in [1.807, 2.05) is 13.0 Å². The van der Waals surface area contributed by atoms with Gasteiger partial charge in [0.05, 0.1) is 0 Å². The molecule has 0 aliphatic carbocycles. The van der Waals surface area contributed by atoms with Gasteiger partial charge in [-0.3, -0.25) is 9.69 Å². The van der Waals surface area contributed by atoms with Crippen molar-refractivity contribution in [2.45, 2.75) is 51.6 Å². The number of hydrogen-bond donors (Lipinski definition) is 2. The van der Waals surface area contributed by atoms with Gasteiger partial charge in [-0.1, -0.05) is 17.3 Å². The minimum absolute atomic E-state index is 0.0345. The van der Waals surface area contributed by atoms with Crippen LogP contribution in [-0.2, 0) is 23.7 Å². The zero-order chi connectivity index (χ0) is 18.4. The van der Waals surface area contributed by atoms with Crippen LogP contribution >= 0.6 is 0 Å². The van der Waals surface area contributed by atoms with Crippen molar-refractivity contribution in [3.8, 4) is 0 Å². The van der Waals surface area contributed by atoms with E-state index < -0.39 is 11.8 Å². The Labute approximate surface area is 146 Å². The van der Waals surface area contributed by atoms with Gasteiger partial charge in [-0.05, 0) is 49.9 Å². The van der Waals surface area contributed by atoms with Gasteiger partial charge in [0.2, 0.25) is 0 Å². The van der Waals surface area contributed by atoms with Crippen LogP contribution in [0, 0.1) is 0 Å². The number of nitrogens with zero attached hydrogens (tertiary/aromatic N) is 2. The molecular weight excluding hydrogens is 328 g/mol. The van der Waals surface area contributed by atoms with Crippen molar-refractivity contribution in [2.24, 2.45) is 5.16 Å². The summed E-state index contributed by atoms with van der Waals surface area (Å²) in [5.41, 5.74) is 2.07. The number of nitrogens with one attached hydrogen (secondary N) is 1. The molecule has 1 atom stereocenters. The molecule has 2 N–H and O–H groups in total. The topological polar surface area (TPSA) is 64.9 Å². The number of alkyl halides is 2. The maximum absolute atomic E-state index is 13.6. The molecule has 1 aliphatic rings. The number of fused-ring (bicyclic) bond motifs is 1.